The van der Waals surface area contributed by atoms with Crippen LogP contribution < -0.4 is 0 Å². The molecule has 1 fully saturated rings. The van der Waals surface area contributed by atoms with Gasteiger partial charge >= 0.3 is 5.97 Å². The minimum atomic E-state index is -0.415. The highest BCUT2D eigenvalue weighted by Gasteiger charge is 2.26. The molecule has 1 atom stereocenters. The third-order valence-corrected chi connectivity index (χ3v) is 3.64. The molecule has 3 rings (SSSR count). The molecule has 1 saturated heterocycles. The van der Waals surface area contributed by atoms with Crippen LogP contribution in [0.25, 0.3) is 4.96 Å². The van der Waals surface area contributed by atoms with Crippen molar-refractivity contribution in [3.8, 4) is 0 Å². The standard InChI is InChI=1S/C10H12N4O3S/c1-2-17-9(15)8-13-14-7(6-3-4-16-5-6)11-12-10(14)18-8/h6H,2-5H2,1H3. The maximum Gasteiger partial charge on any atom is 0.369 e. The number of rotatable bonds is 3. The molecule has 2 aromatic heterocycles. The van der Waals surface area contributed by atoms with Crippen LogP contribution in [-0.2, 0) is 9.47 Å². The summed E-state index contributed by atoms with van der Waals surface area (Å²) in [4.78, 5) is 12.2. The number of carbonyl (C=O) groups excluding carboxylic acids is 1. The van der Waals surface area contributed by atoms with Gasteiger partial charge in [0.15, 0.2) is 5.82 Å². The summed E-state index contributed by atoms with van der Waals surface area (Å²) >= 11 is 1.19. The van der Waals surface area contributed by atoms with E-state index in [0.717, 1.165) is 18.9 Å². The highest BCUT2D eigenvalue weighted by Crippen LogP contribution is 2.25. The number of aromatic nitrogens is 4. The second-order valence-electron chi connectivity index (χ2n) is 3.94. The molecule has 0 spiro atoms. The lowest BCUT2D eigenvalue weighted by molar-refractivity contribution is 0.0524. The third kappa shape index (κ3) is 1.87. The number of hydrogen-bond donors (Lipinski definition) is 0. The second kappa shape index (κ2) is 4.62. The van der Waals surface area contributed by atoms with E-state index in [1.54, 1.807) is 11.4 Å². The fraction of sp³-hybridized carbons (Fsp3) is 0.600. The largest absolute Gasteiger partial charge is 0.461 e. The molecular formula is C10H12N4O3S. The first-order valence-electron chi connectivity index (χ1n) is 5.76. The first kappa shape index (κ1) is 11.5. The van der Waals surface area contributed by atoms with Crippen molar-refractivity contribution in [1.82, 2.24) is 19.8 Å². The average molecular weight is 268 g/mol. The van der Waals surface area contributed by atoms with Gasteiger partial charge in [-0.15, -0.1) is 15.3 Å². The third-order valence-electron chi connectivity index (χ3n) is 2.76. The van der Waals surface area contributed by atoms with Crippen LogP contribution in [0.2, 0.25) is 0 Å². The van der Waals surface area contributed by atoms with Crippen LogP contribution in [0, 0.1) is 0 Å². The molecule has 0 amide bonds. The molecule has 0 saturated carbocycles. The van der Waals surface area contributed by atoms with Crippen molar-refractivity contribution in [1.29, 1.82) is 0 Å². The van der Waals surface area contributed by atoms with E-state index in [2.05, 4.69) is 15.3 Å². The van der Waals surface area contributed by atoms with Gasteiger partial charge in [0.2, 0.25) is 9.97 Å². The van der Waals surface area contributed by atoms with E-state index < -0.39 is 5.97 Å². The summed E-state index contributed by atoms with van der Waals surface area (Å²) in [7, 11) is 0. The molecule has 1 aliphatic rings. The molecule has 3 heterocycles. The van der Waals surface area contributed by atoms with Crippen LogP contribution in [0.15, 0.2) is 0 Å². The summed E-state index contributed by atoms with van der Waals surface area (Å²) in [5, 5.41) is 12.7. The van der Waals surface area contributed by atoms with Gasteiger partial charge in [0.1, 0.15) is 0 Å². The number of hydrogen-bond acceptors (Lipinski definition) is 7. The van der Waals surface area contributed by atoms with Gasteiger partial charge in [-0.1, -0.05) is 11.3 Å². The normalized spacial score (nSPS) is 19.5. The molecule has 0 aromatic carbocycles. The Morgan fingerprint density at radius 3 is 3.22 bits per heavy atom. The number of carbonyl (C=O) groups is 1. The zero-order valence-corrected chi connectivity index (χ0v) is 10.6. The van der Waals surface area contributed by atoms with Crippen LogP contribution in [0.3, 0.4) is 0 Å². The smallest absolute Gasteiger partial charge is 0.369 e. The van der Waals surface area contributed by atoms with Gasteiger partial charge in [-0.3, -0.25) is 0 Å². The Hall–Kier alpha value is -1.54. The molecular weight excluding hydrogens is 256 g/mol. The number of ether oxygens (including phenoxy) is 2. The van der Waals surface area contributed by atoms with E-state index in [1.165, 1.54) is 11.3 Å². The van der Waals surface area contributed by atoms with E-state index in [-0.39, 0.29) is 5.92 Å². The summed E-state index contributed by atoms with van der Waals surface area (Å²) < 4.78 is 11.9. The van der Waals surface area contributed by atoms with Gasteiger partial charge in [0.25, 0.3) is 0 Å². The zero-order chi connectivity index (χ0) is 12.5. The topological polar surface area (TPSA) is 78.6 Å². The van der Waals surface area contributed by atoms with Crippen molar-refractivity contribution >= 4 is 22.3 Å². The van der Waals surface area contributed by atoms with Gasteiger partial charge in [0, 0.05) is 12.5 Å². The quantitative estimate of drug-likeness (QED) is 0.768. The maximum absolute atomic E-state index is 11.6. The molecule has 18 heavy (non-hydrogen) atoms. The molecule has 8 heteroatoms. The molecule has 0 bridgehead atoms. The molecule has 0 radical (unpaired) electrons. The maximum atomic E-state index is 11.6. The Morgan fingerprint density at radius 2 is 2.50 bits per heavy atom. The van der Waals surface area contributed by atoms with E-state index >= 15 is 0 Å². The van der Waals surface area contributed by atoms with Crippen LogP contribution in [0.1, 0.15) is 34.9 Å². The van der Waals surface area contributed by atoms with Crippen molar-refractivity contribution in [3.63, 3.8) is 0 Å². The van der Waals surface area contributed by atoms with E-state index in [0.29, 0.717) is 23.2 Å². The Balaban J connectivity index is 1.94. The van der Waals surface area contributed by atoms with Gasteiger partial charge < -0.3 is 9.47 Å². The summed E-state index contributed by atoms with van der Waals surface area (Å²) in [6.45, 7) is 3.46. The lowest BCUT2D eigenvalue weighted by Crippen LogP contribution is -2.08. The van der Waals surface area contributed by atoms with Crippen molar-refractivity contribution in [2.75, 3.05) is 19.8 Å². The van der Waals surface area contributed by atoms with Crippen molar-refractivity contribution < 1.29 is 14.3 Å². The number of esters is 1. The van der Waals surface area contributed by atoms with Crippen LogP contribution >= 0.6 is 11.3 Å². The van der Waals surface area contributed by atoms with Crippen molar-refractivity contribution in [2.24, 2.45) is 0 Å². The second-order valence-corrected chi connectivity index (χ2v) is 4.90. The van der Waals surface area contributed by atoms with E-state index in [1.807, 2.05) is 0 Å². The molecule has 1 aliphatic heterocycles. The first-order valence-corrected chi connectivity index (χ1v) is 6.58. The highest BCUT2D eigenvalue weighted by atomic mass is 32.1. The number of fused-ring (bicyclic) bond motifs is 1. The van der Waals surface area contributed by atoms with Crippen LogP contribution in [0.5, 0.6) is 0 Å². The minimum absolute atomic E-state index is 0.206. The first-order chi connectivity index (χ1) is 8.79. The zero-order valence-electron chi connectivity index (χ0n) is 9.83. The minimum Gasteiger partial charge on any atom is -0.461 e. The highest BCUT2D eigenvalue weighted by molar-refractivity contribution is 7.18. The van der Waals surface area contributed by atoms with E-state index in [9.17, 15) is 4.79 Å². The molecule has 0 aliphatic carbocycles. The SMILES string of the molecule is CCOC(=O)c1nn2c(C3CCOC3)nnc2s1. The Labute approximate surface area is 107 Å². The Bertz CT molecular complexity index is 573. The summed E-state index contributed by atoms with van der Waals surface area (Å²) in [6, 6.07) is 0. The monoisotopic (exact) mass is 268 g/mol. The molecule has 7 nitrogen and oxygen atoms in total. The number of nitrogens with zero attached hydrogens (tertiary/aromatic N) is 4. The van der Waals surface area contributed by atoms with Gasteiger partial charge in [0.05, 0.1) is 13.2 Å². The summed E-state index contributed by atoms with van der Waals surface area (Å²) in [5.41, 5.74) is 0. The Kier molecular flexibility index (Phi) is 2.96. The predicted octanol–water partition coefficient (Wildman–Crippen LogP) is 0.866. The average Bonchev–Trinajstić information content (AvgIpc) is 3.04. The predicted molar refractivity (Wildman–Crippen MR) is 62.8 cm³/mol. The fourth-order valence-corrected chi connectivity index (χ4v) is 2.64. The lowest BCUT2D eigenvalue weighted by atomic mass is 10.1. The van der Waals surface area contributed by atoms with Crippen LogP contribution in [0.4, 0.5) is 0 Å². The summed E-state index contributed by atoms with van der Waals surface area (Å²) in [6.07, 6.45) is 0.910. The van der Waals surface area contributed by atoms with Gasteiger partial charge in [-0.05, 0) is 13.3 Å². The molecule has 1 unspecified atom stereocenters. The van der Waals surface area contributed by atoms with Gasteiger partial charge in [-0.25, -0.2) is 4.79 Å². The Morgan fingerprint density at radius 1 is 1.61 bits per heavy atom. The molecule has 96 valence electrons. The van der Waals surface area contributed by atoms with Crippen molar-refractivity contribution in [3.05, 3.63) is 10.8 Å². The summed E-state index contributed by atoms with van der Waals surface area (Å²) in [5.74, 6) is 0.549. The van der Waals surface area contributed by atoms with Crippen LogP contribution in [-0.4, -0.2) is 45.6 Å². The van der Waals surface area contributed by atoms with Crippen molar-refractivity contribution in [2.45, 2.75) is 19.3 Å². The lowest BCUT2D eigenvalue weighted by Gasteiger charge is -2.01. The van der Waals surface area contributed by atoms with Gasteiger partial charge in [-0.2, -0.15) is 4.52 Å². The molecule has 0 N–H and O–H groups in total. The van der Waals surface area contributed by atoms with E-state index in [4.69, 9.17) is 9.47 Å². The molecule has 2 aromatic rings. The fourth-order valence-electron chi connectivity index (χ4n) is 1.90.